The molecule has 4 rings (SSSR count). The van der Waals surface area contributed by atoms with Gasteiger partial charge in [0.05, 0.1) is 18.8 Å². The predicted molar refractivity (Wildman–Crippen MR) is 161 cm³/mol. The number of aliphatic hydroxyl groups is 1. The molecule has 3 aromatic rings. The number of carboxylic acid groups (broad SMARTS) is 1. The number of hydrogen-bond donors (Lipinski definition) is 4. The van der Waals surface area contributed by atoms with E-state index in [2.05, 4.69) is 17.6 Å². The Morgan fingerprint density at radius 2 is 1.62 bits per heavy atom. The molecule has 222 valence electrons. The fourth-order valence-electron chi connectivity index (χ4n) is 4.71. The van der Waals surface area contributed by atoms with Gasteiger partial charge in [0.15, 0.2) is 6.29 Å². The van der Waals surface area contributed by atoms with Crippen molar-refractivity contribution in [2.75, 3.05) is 16.4 Å². The molecule has 4 atom stereocenters. The minimum Gasteiger partial charge on any atom is -0.481 e. The lowest BCUT2D eigenvalue weighted by Crippen LogP contribution is -2.38. The van der Waals surface area contributed by atoms with Crippen molar-refractivity contribution in [2.45, 2.75) is 63.1 Å². The maximum atomic E-state index is 12.4. The number of carbonyl (C=O) groups is 3. The molecule has 3 aromatic carbocycles. The second-order valence-corrected chi connectivity index (χ2v) is 11.4. The summed E-state index contributed by atoms with van der Waals surface area (Å²) in [5, 5.41) is 23.9. The molecule has 0 aliphatic carbocycles. The van der Waals surface area contributed by atoms with Crippen LogP contribution in [0.2, 0.25) is 0 Å². The molecule has 42 heavy (non-hydrogen) atoms. The molecule has 10 heteroatoms. The SMILES string of the molecule is CC(=O)Nc1ccc(SC[C@@H]2O[C@H](c3cccc(NC(=O)CCCC(=O)O)c3)O[C@H](c3ccc(CO)cc3)[C@@H]2C)cc1. The third kappa shape index (κ3) is 8.90. The number of benzene rings is 3. The van der Waals surface area contributed by atoms with Crippen LogP contribution in [-0.4, -0.2) is 39.9 Å². The van der Waals surface area contributed by atoms with E-state index in [0.29, 0.717) is 11.4 Å². The molecule has 1 heterocycles. The summed E-state index contributed by atoms with van der Waals surface area (Å²) in [5.41, 5.74) is 3.86. The normalized spacial score (nSPS) is 20.1. The van der Waals surface area contributed by atoms with Crippen LogP contribution in [0, 0.1) is 5.92 Å². The van der Waals surface area contributed by atoms with Crippen LogP contribution in [0.5, 0.6) is 0 Å². The molecule has 4 N–H and O–H groups in total. The zero-order valence-electron chi connectivity index (χ0n) is 23.6. The maximum absolute atomic E-state index is 12.4. The number of hydrogen-bond acceptors (Lipinski definition) is 7. The highest BCUT2D eigenvalue weighted by Crippen LogP contribution is 2.43. The van der Waals surface area contributed by atoms with Crippen molar-refractivity contribution in [1.82, 2.24) is 0 Å². The Morgan fingerprint density at radius 1 is 0.881 bits per heavy atom. The molecule has 1 aliphatic heterocycles. The first-order chi connectivity index (χ1) is 20.2. The van der Waals surface area contributed by atoms with E-state index in [9.17, 15) is 19.5 Å². The van der Waals surface area contributed by atoms with Crippen LogP contribution in [0.15, 0.2) is 77.7 Å². The topological polar surface area (TPSA) is 134 Å². The van der Waals surface area contributed by atoms with Crippen LogP contribution in [0.1, 0.15) is 62.2 Å². The molecule has 0 spiro atoms. The van der Waals surface area contributed by atoms with Crippen molar-refractivity contribution in [3.8, 4) is 0 Å². The number of aliphatic hydroxyl groups excluding tert-OH is 1. The van der Waals surface area contributed by atoms with E-state index in [0.717, 1.165) is 27.3 Å². The van der Waals surface area contributed by atoms with Crippen molar-refractivity contribution < 1.29 is 34.1 Å². The second kappa shape index (κ2) is 15.0. The molecule has 0 unspecified atom stereocenters. The van der Waals surface area contributed by atoms with Crippen LogP contribution in [-0.2, 0) is 30.5 Å². The molecular formula is C32H36N2O7S. The highest BCUT2D eigenvalue weighted by atomic mass is 32.2. The number of ether oxygens (including phenoxy) is 2. The molecule has 2 amide bonds. The molecule has 0 saturated carbocycles. The number of rotatable bonds is 12. The molecule has 9 nitrogen and oxygen atoms in total. The second-order valence-electron chi connectivity index (χ2n) is 10.3. The lowest BCUT2D eigenvalue weighted by molar-refractivity contribution is -0.268. The van der Waals surface area contributed by atoms with Crippen molar-refractivity contribution >= 4 is 40.9 Å². The minimum atomic E-state index is -0.930. The van der Waals surface area contributed by atoms with Gasteiger partial charge >= 0.3 is 5.97 Å². The van der Waals surface area contributed by atoms with Crippen LogP contribution < -0.4 is 10.6 Å². The third-order valence-corrected chi connectivity index (χ3v) is 8.05. The minimum absolute atomic E-state index is 0.00417. The molecule has 1 saturated heterocycles. The monoisotopic (exact) mass is 592 g/mol. The Kier molecular flexibility index (Phi) is 11.1. The van der Waals surface area contributed by atoms with Gasteiger partial charge in [-0.1, -0.05) is 43.3 Å². The summed E-state index contributed by atoms with van der Waals surface area (Å²) in [6.07, 6.45) is -0.838. The van der Waals surface area contributed by atoms with Gasteiger partial charge in [-0.05, 0) is 53.9 Å². The van der Waals surface area contributed by atoms with Gasteiger partial charge in [0.2, 0.25) is 11.8 Å². The van der Waals surface area contributed by atoms with Gasteiger partial charge in [-0.15, -0.1) is 11.8 Å². The third-order valence-electron chi connectivity index (χ3n) is 6.95. The van der Waals surface area contributed by atoms with Crippen molar-refractivity contribution in [2.24, 2.45) is 5.92 Å². The largest absolute Gasteiger partial charge is 0.481 e. The van der Waals surface area contributed by atoms with E-state index >= 15 is 0 Å². The van der Waals surface area contributed by atoms with E-state index in [1.165, 1.54) is 6.92 Å². The zero-order chi connectivity index (χ0) is 30.1. The van der Waals surface area contributed by atoms with Gasteiger partial charge in [0.25, 0.3) is 0 Å². The lowest BCUT2D eigenvalue weighted by atomic mass is 9.91. The van der Waals surface area contributed by atoms with E-state index < -0.39 is 12.3 Å². The average Bonchev–Trinajstić information content (AvgIpc) is 2.97. The van der Waals surface area contributed by atoms with E-state index in [1.807, 2.05) is 66.7 Å². The molecule has 0 bridgehead atoms. The molecule has 1 aliphatic rings. The molecular weight excluding hydrogens is 556 g/mol. The Hall–Kier alpha value is -3.70. The number of nitrogens with one attached hydrogen (secondary N) is 2. The molecule has 0 radical (unpaired) electrons. The van der Waals surface area contributed by atoms with Crippen LogP contribution in [0.3, 0.4) is 0 Å². The van der Waals surface area contributed by atoms with Crippen molar-refractivity contribution in [1.29, 1.82) is 0 Å². The average molecular weight is 593 g/mol. The summed E-state index contributed by atoms with van der Waals surface area (Å²) in [7, 11) is 0. The van der Waals surface area contributed by atoms with Gasteiger partial charge < -0.3 is 30.3 Å². The Labute approximate surface area is 249 Å². The van der Waals surface area contributed by atoms with E-state index in [-0.39, 0.29) is 55.8 Å². The quantitative estimate of drug-likeness (QED) is 0.191. The summed E-state index contributed by atoms with van der Waals surface area (Å²) >= 11 is 1.65. The summed E-state index contributed by atoms with van der Waals surface area (Å²) in [6.45, 7) is 3.53. The highest BCUT2D eigenvalue weighted by molar-refractivity contribution is 7.99. The van der Waals surface area contributed by atoms with Crippen LogP contribution >= 0.6 is 11.8 Å². The number of anilines is 2. The Morgan fingerprint density at radius 3 is 2.29 bits per heavy atom. The van der Waals surface area contributed by atoms with Crippen LogP contribution in [0.4, 0.5) is 11.4 Å². The lowest BCUT2D eigenvalue weighted by Gasteiger charge is -2.41. The van der Waals surface area contributed by atoms with Gasteiger partial charge in [-0.2, -0.15) is 0 Å². The van der Waals surface area contributed by atoms with Crippen LogP contribution in [0.25, 0.3) is 0 Å². The fraction of sp³-hybridized carbons (Fsp3) is 0.344. The van der Waals surface area contributed by atoms with E-state index in [1.54, 1.807) is 17.8 Å². The number of carbonyl (C=O) groups excluding carboxylic acids is 2. The van der Waals surface area contributed by atoms with Crippen molar-refractivity contribution in [3.63, 3.8) is 0 Å². The predicted octanol–water partition coefficient (Wildman–Crippen LogP) is 5.91. The standard InChI is InChI=1S/C32H36N2O7S/c1-20-28(19-42-27-15-13-25(14-16-27)33-21(2)36)40-32(41-31(20)23-11-9-22(18-35)10-12-23)24-5-3-6-26(17-24)34-29(37)7-4-8-30(38)39/h3,5-6,9-17,20,28,31-32,35H,4,7-8,18-19H2,1-2H3,(H,33,36)(H,34,37)(H,38,39)/t20-,28+,31+,32+/m1/s1. The first-order valence-corrected chi connectivity index (χ1v) is 14.8. The number of amides is 2. The summed E-state index contributed by atoms with van der Waals surface area (Å²) < 4.78 is 13.0. The van der Waals surface area contributed by atoms with Gasteiger partial charge in [-0.25, -0.2) is 0 Å². The Bertz CT molecular complexity index is 1360. The maximum Gasteiger partial charge on any atom is 0.303 e. The first-order valence-electron chi connectivity index (χ1n) is 13.8. The smallest absolute Gasteiger partial charge is 0.303 e. The van der Waals surface area contributed by atoms with Gasteiger partial charge in [0, 0.05) is 53.3 Å². The van der Waals surface area contributed by atoms with E-state index in [4.69, 9.17) is 14.6 Å². The molecule has 1 fully saturated rings. The zero-order valence-corrected chi connectivity index (χ0v) is 24.4. The van der Waals surface area contributed by atoms with Gasteiger partial charge in [0.1, 0.15) is 0 Å². The summed E-state index contributed by atoms with van der Waals surface area (Å²) in [4.78, 5) is 35.5. The number of carboxylic acids is 1. The Balaban J connectivity index is 1.51. The summed E-state index contributed by atoms with van der Waals surface area (Å²) in [5.74, 6) is -0.643. The highest BCUT2D eigenvalue weighted by Gasteiger charge is 2.38. The van der Waals surface area contributed by atoms with Gasteiger partial charge in [-0.3, -0.25) is 14.4 Å². The summed E-state index contributed by atoms with van der Waals surface area (Å²) in [6, 6.07) is 22.7. The number of thioether (sulfide) groups is 1. The molecule has 0 aromatic heterocycles. The first kappa shape index (κ1) is 31.2. The van der Waals surface area contributed by atoms with Crippen molar-refractivity contribution in [3.05, 3.63) is 89.5 Å². The number of aliphatic carboxylic acids is 1. The fourth-order valence-corrected chi connectivity index (χ4v) is 5.78.